The Morgan fingerprint density at radius 2 is 2.04 bits per heavy atom. The van der Waals surface area contributed by atoms with Crippen molar-refractivity contribution in [2.24, 2.45) is 5.92 Å². The second kappa shape index (κ2) is 9.23. The Morgan fingerprint density at radius 3 is 2.70 bits per heavy atom. The van der Waals surface area contributed by atoms with Crippen molar-refractivity contribution in [3.05, 3.63) is 0 Å². The van der Waals surface area contributed by atoms with Crippen molar-refractivity contribution in [1.29, 1.82) is 0 Å². The van der Waals surface area contributed by atoms with E-state index in [1.165, 1.54) is 38.8 Å². The number of piperazine rings is 1. The SMILES string of the molecule is CCCCN(C)CC1CCN(CC(=O)N2CCNC(=O)C2)CC1. The number of likely N-dealkylation sites (tertiary alicyclic amines) is 1. The van der Waals surface area contributed by atoms with E-state index in [4.69, 9.17) is 0 Å². The zero-order valence-corrected chi connectivity index (χ0v) is 14.7. The molecular formula is C17H32N4O2. The Hall–Kier alpha value is -1.14. The van der Waals surface area contributed by atoms with Gasteiger partial charge in [-0.05, 0) is 51.9 Å². The lowest BCUT2D eigenvalue weighted by Gasteiger charge is -2.35. The number of carbonyl (C=O) groups is 2. The van der Waals surface area contributed by atoms with Gasteiger partial charge in [-0.3, -0.25) is 14.5 Å². The molecule has 6 nitrogen and oxygen atoms in total. The lowest BCUT2D eigenvalue weighted by molar-refractivity contribution is -0.139. The van der Waals surface area contributed by atoms with Gasteiger partial charge in [0.15, 0.2) is 0 Å². The Labute approximate surface area is 140 Å². The third-order valence-electron chi connectivity index (χ3n) is 4.92. The lowest BCUT2D eigenvalue weighted by Crippen LogP contribution is -2.53. The second-order valence-electron chi connectivity index (χ2n) is 7.00. The second-order valence-corrected chi connectivity index (χ2v) is 7.00. The number of carbonyl (C=O) groups excluding carboxylic acids is 2. The largest absolute Gasteiger partial charge is 0.353 e. The first-order valence-electron chi connectivity index (χ1n) is 9.04. The van der Waals surface area contributed by atoms with E-state index in [-0.39, 0.29) is 18.4 Å². The molecule has 2 aliphatic rings. The van der Waals surface area contributed by atoms with Gasteiger partial charge in [0, 0.05) is 19.6 Å². The molecule has 2 aliphatic heterocycles. The van der Waals surface area contributed by atoms with Crippen LogP contribution in [-0.2, 0) is 9.59 Å². The Morgan fingerprint density at radius 1 is 1.30 bits per heavy atom. The molecule has 2 heterocycles. The lowest BCUT2D eigenvalue weighted by atomic mass is 9.96. The molecule has 6 heteroatoms. The predicted molar refractivity (Wildman–Crippen MR) is 91.2 cm³/mol. The molecule has 132 valence electrons. The van der Waals surface area contributed by atoms with Crippen LogP contribution in [0, 0.1) is 5.92 Å². The summed E-state index contributed by atoms with van der Waals surface area (Å²) in [4.78, 5) is 30.0. The summed E-state index contributed by atoms with van der Waals surface area (Å²) in [5.74, 6) is 0.806. The highest BCUT2D eigenvalue weighted by Gasteiger charge is 2.25. The average Bonchev–Trinajstić information content (AvgIpc) is 2.54. The number of rotatable bonds is 7. The van der Waals surface area contributed by atoms with Gasteiger partial charge in [0.1, 0.15) is 0 Å². The van der Waals surface area contributed by atoms with Gasteiger partial charge < -0.3 is 15.1 Å². The zero-order valence-electron chi connectivity index (χ0n) is 14.7. The van der Waals surface area contributed by atoms with E-state index in [2.05, 4.69) is 29.1 Å². The highest BCUT2D eigenvalue weighted by atomic mass is 16.2. The van der Waals surface area contributed by atoms with Gasteiger partial charge in [0.25, 0.3) is 0 Å². The standard InChI is InChI=1S/C17H32N4O2/c1-3-4-8-19(2)12-15-5-9-20(10-6-15)14-17(23)21-11-7-18-16(22)13-21/h15H,3-14H2,1-2H3,(H,18,22). The molecule has 2 amide bonds. The molecule has 2 rings (SSSR count). The predicted octanol–water partition coefficient (Wildman–Crippen LogP) is 0.389. The van der Waals surface area contributed by atoms with E-state index in [0.29, 0.717) is 19.6 Å². The molecule has 0 aromatic rings. The summed E-state index contributed by atoms with van der Waals surface area (Å²) < 4.78 is 0. The molecule has 0 aromatic carbocycles. The summed E-state index contributed by atoms with van der Waals surface area (Å²) in [6.45, 7) is 8.49. The normalized spacial score (nSPS) is 20.8. The van der Waals surface area contributed by atoms with Crippen LogP contribution in [0.2, 0.25) is 0 Å². The van der Waals surface area contributed by atoms with Crippen LogP contribution in [-0.4, -0.2) is 85.9 Å². The maximum Gasteiger partial charge on any atom is 0.239 e. The zero-order chi connectivity index (χ0) is 16.7. The Bertz CT molecular complexity index is 394. The van der Waals surface area contributed by atoms with E-state index in [1.54, 1.807) is 4.90 Å². The van der Waals surface area contributed by atoms with Gasteiger partial charge in [0.2, 0.25) is 11.8 Å². The van der Waals surface area contributed by atoms with Gasteiger partial charge in [-0.2, -0.15) is 0 Å². The molecule has 0 unspecified atom stereocenters. The molecule has 23 heavy (non-hydrogen) atoms. The van der Waals surface area contributed by atoms with Crippen LogP contribution in [0.3, 0.4) is 0 Å². The third kappa shape index (κ3) is 6.11. The van der Waals surface area contributed by atoms with Crippen molar-refractivity contribution >= 4 is 11.8 Å². The summed E-state index contributed by atoms with van der Waals surface area (Å²) in [6.07, 6.45) is 4.86. The fourth-order valence-electron chi connectivity index (χ4n) is 3.43. The molecule has 0 aliphatic carbocycles. The van der Waals surface area contributed by atoms with Crippen LogP contribution < -0.4 is 5.32 Å². The number of hydrogen-bond donors (Lipinski definition) is 1. The van der Waals surface area contributed by atoms with Crippen LogP contribution in [0.5, 0.6) is 0 Å². The third-order valence-corrected chi connectivity index (χ3v) is 4.92. The van der Waals surface area contributed by atoms with Crippen molar-refractivity contribution in [2.45, 2.75) is 32.6 Å². The summed E-state index contributed by atoms with van der Waals surface area (Å²) in [6, 6.07) is 0. The fourth-order valence-corrected chi connectivity index (χ4v) is 3.43. The molecule has 0 atom stereocenters. The van der Waals surface area contributed by atoms with Gasteiger partial charge >= 0.3 is 0 Å². The van der Waals surface area contributed by atoms with Crippen LogP contribution in [0.25, 0.3) is 0 Å². The topological polar surface area (TPSA) is 55.9 Å². The molecule has 0 radical (unpaired) electrons. The van der Waals surface area contributed by atoms with Crippen molar-refractivity contribution in [3.8, 4) is 0 Å². The highest BCUT2D eigenvalue weighted by molar-refractivity contribution is 5.86. The minimum absolute atomic E-state index is 0.0431. The van der Waals surface area contributed by atoms with E-state index in [0.717, 1.165) is 19.0 Å². The summed E-state index contributed by atoms with van der Waals surface area (Å²) in [7, 11) is 2.22. The van der Waals surface area contributed by atoms with Crippen LogP contribution in [0.15, 0.2) is 0 Å². The number of piperidine rings is 1. The molecule has 0 bridgehead atoms. The van der Waals surface area contributed by atoms with E-state index in [9.17, 15) is 9.59 Å². The van der Waals surface area contributed by atoms with Crippen molar-refractivity contribution in [3.63, 3.8) is 0 Å². The number of hydrogen-bond acceptors (Lipinski definition) is 4. The maximum absolute atomic E-state index is 12.3. The maximum atomic E-state index is 12.3. The number of unbranched alkanes of at least 4 members (excludes halogenated alkanes) is 1. The molecule has 1 N–H and O–H groups in total. The summed E-state index contributed by atoms with van der Waals surface area (Å²) >= 11 is 0. The van der Waals surface area contributed by atoms with E-state index >= 15 is 0 Å². The van der Waals surface area contributed by atoms with Gasteiger partial charge in [-0.1, -0.05) is 13.3 Å². The smallest absolute Gasteiger partial charge is 0.239 e. The molecule has 0 aromatic heterocycles. The first-order valence-corrected chi connectivity index (χ1v) is 9.04. The quantitative estimate of drug-likeness (QED) is 0.736. The summed E-state index contributed by atoms with van der Waals surface area (Å²) in [5.41, 5.74) is 0. The minimum Gasteiger partial charge on any atom is -0.353 e. The van der Waals surface area contributed by atoms with Gasteiger partial charge in [-0.15, -0.1) is 0 Å². The number of amides is 2. The minimum atomic E-state index is -0.0431. The van der Waals surface area contributed by atoms with Crippen LogP contribution >= 0.6 is 0 Å². The highest BCUT2D eigenvalue weighted by Crippen LogP contribution is 2.18. The Kier molecular flexibility index (Phi) is 7.30. The van der Waals surface area contributed by atoms with Gasteiger partial charge in [-0.25, -0.2) is 0 Å². The van der Waals surface area contributed by atoms with Crippen molar-refractivity contribution < 1.29 is 9.59 Å². The van der Waals surface area contributed by atoms with Crippen molar-refractivity contribution in [1.82, 2.24) is 20.0 Å². The molecular weight excluding hydrogens is 292 g/mol. The van der Waals surface area contributed by atoms with E-state index in [1.807, 2.05) is 0 Å². The average molecular weight is 324 g/mol. The van der Waals surface area contributed by atoms with Crippen LogP contribution in [0.4, 0.5) is 0 Å². The molecule has 0 saturated carbocycles. The molecule has 2 fully saturated rings. The van der Waals surface area contributed by atoms with E-state index < -0.39 is 0 Å². The fraction of sp³-hybridized carbons (Fsp3) is 0.882. The van der Waals surface area contributed by atoms with Crippen molar-refractivity contribution in [2.75, 3.05) is 59.4 Å². The Balaban J connectivity index is 1.66. The van der Waals surface area contributed by atoms with Gasteiger partial charge in [0.05, 0.1) is 13.1 Å². The monoisotopic (exact) mass is 324 g/mol. The molecule has 2 saturated heterocycles. The summed E-state index contributed by atoms with van der Waals surface area (Å²) in [5, 5.41) is 2.76. The number of nitrogens with zero attached hydrogens (tertiary/aromatic N) is 3. The first-order chi connectivity index (χ1) is 11.1. The first kappa shape index (κ1) is 18.2. The molecule has 0 spiro atoms. The van der Waals surface area contributed by atoms with Crippen LogP contribution in [0.1, 0.15) is 32.6 Å². The number of nitrogens with one attached hydrogen (secondary N) is 1.